The van der Waals surface area contributed by atoms with Crippen LogP contribution in [0.4, 0.5) is 4.39 Å². The van der Waals surface area contributed by atoms with Gasteiger partial charge in [-0.3, -0.25) is 9.78 Å². The smallest absolute Gasteiger partial charge is 0.273 e. The van der Waals surface area contributed by atoms with Crippen LogP contribution in [0, 0.1) is 5.82 Å². The van der Waals surface area contributed by atoms with Crippen molar-refractivity contribution in [2.45, 2.75) is 26.3 Å². The number of carbonyl (C=O) groups is 1. The van der Waals surface area contributed by atoms with Crippen LogP contribution in [0.15, 0.2) is 48.0 Å². The summed E-state index contributed by atoms with van der Waals surface area (Å²) in [6, 6.07) is 10.1. The van der Waals surface area contributed by atoms with E-state index in [-0.39, 0.29) is 17.3 Å². The summed E-state index contributed by atoms with van der Waals surface area (Å²) >= 11 is 1.38. The molecule has 4 nitrogen and oxygen atoms in total. The Bertz CT molecular complexity index is 929. The van der Waals surface area contributed by atoms with Gasteiger partial charge in [0.25, 0.3) is 5.91 Å². The zero-order valence-electron chi connectivity index (χ0n) is 15.2. The maximum absolute atomic E-state index is 13.4. The molecule has 134 valence electrons. The Morgan fingerprint density at radius 3 is 2.54 bits per heavy atom. The molecule has 1 aromatic carbocycles. The standard InChI is InChI=1S/C20H20FN3OS/c1-20(2,3)24(4)19(25)17-12-26-18(23-17)16-9-8-14(11-22-16)13-6-5-7-15(21)10-13/h5-12H,1-4H3. The van der Waals surface area contributed by atoms with E-state index in [1.54, 1.807) is 29.6 Å². The molecule has 0 unspecified atom stereocenters. The number of pyridine rings is 1. The quantitative estimate of drug-likeness (QED) is 0.661. The summed E-state index contributed by atoms with van der Waals surface area (Å²) in [4.78, 5) is 23.1. The van der Waals surface area contributed by atoms with E-state index in [4.69, 9.17) is 0 Å². The van der Waals surface area contributed by atoms with Gasteiger partial charge < -0.3 is 4.90 Å². The van der Waals surface area contributed by atoms with Crippen LogP contribution in [-0.2, 0) is 0 Å². The monoisotopic (exact) mass is 369 g/mol. The van der Waals surface area contributed by atoms with Gasteiger partial charge in [0.1, 0.15) is 16.5 Å². The van der Waals surface area contributed by atoms with E-state index in [0.29, 0.717) is 16.4 Å². The minimum atomic E-state index is -0.280. The van der Waals surface area contributed by atoms with Crippen molar-refractivity contribution < 1.29 is 9.18 Å². The number of carbonyl (C=O) groups excluding carboxylic acids is 1. The predicted octanol–water partition coefficient (Wildman–Crippen LogP) is 4.88. The SMILES string of the molecule is CN(C(=O)c1csc(-c2ccc(-c3cccc(F)c3)cn2)n1)C(C)(C)C. The summed E-state index contributed by atoms with van der Waals surface area (Å²) in [5, 5.41) is 2.43. The van der Waals surface area contributed by atoms with Gasteiger partial charge >= 0.3 is 0 Å². The number of benzene rings is 1. The number of hydrogen-bond acceptors (Lipinski definition) is 4. The molecule has 0 N–H and O–H groups in total. The van der Waals surface area contributed by atoms with E-state index < -0.39 is 0 Å². The van der Waals surface area contributed by atoms with Gasteiger partial charge in [0.15, 0.2) is 0 Å². The molecule has 0 saturated heterocycles. The highest BCUT2D eigenvalue weighted by Crippen LogP contribution is 2.26. The van der Waals surface area contributed by atoms with Crippen molar-refractivity contribution in [3.8, 4) is 21.8 Å². The van der Waals surface area contributed by atoms with Gasteiger partial charge in [-0.25, -0.2) is 9.37 Å². The molecule has 0 aliphatic heterocycles. The third-order valence-electron chi connectivity index (χ3n) is 4.17. The first-order valence-corrected chi connectivity index (χ1v) is 9.10. The van der Waals surface area contributed by atoms with Crippen LogP contribution in [-0.4, -0.2) is 33.4 Å². The molecular formula is C20H20FN3OS. The highest BCUT2D eigenvalue weighted by molar-refractivity contribution is 7.13. The average molecular weight is 369 g/mol. The predicted molar refractivity (Wildman–Crippen MR) is 103 cm³/mol. The molecule has 3 rings (SSSR count). The van der Waals surface area contributed by atoms with E-state index in [9.17, 15) is 9.18 Å². The molecule has 0 radical (unpaired) electrons. The number of hydrogen-bond donors (Lipinski definition) is 0. The second kappa shape index (κ2) is 6.96. The fourth-order valence-corrected chi connectivity index (χ4v) is 3.09. The van der Waals surface area contributed by atoms with Gasteiger partial charge in [-0.05, 0) is 44.5 Å². The summed E-state index contributed by atoms with van der Waals surface area (Å²) in [5.41, 5.74) is 2.43. The highest BCUT2D eigenvalue weighted by Gasteiger charge is 2.25. The summed E-state index contributed by atoms with van der Waals surface area (Å²) in [6.07, 6.45) is 1.69. The van der Waals surface area contributed by atoms with Crippen LogP contribution in [0.2, 0.25) is 0 Å². The molecule has 0 aliphatic carbocycles. The van der Waals surface area contributed by atoms with E-state index >= 15 is 0 Å². The van der Waals surface area contributed by atoms with Crippen LogP contribution >= 0.6 is 11.3 Å². The fraction of sp³-hybridized carbons (Fsp3) is 0.250. The third-order valence-corrected chi connectivity index (χ3v) is 5.04. The molecule has 0 atom stereocenters. The molecule has 0 fully saturated rings. The summed E-state index contributed by atoms with van der Waals surface area (Å²) in [5.74, 6) is -0.394. The first-order valence-electron chi connectivity index (χ1n) is 8.22. The van der Waals surface area contributed by atoms with E-state index in [1.807, 2.05) is 39.0 Å². The lowest BCUT2D eigenvalue weighted by Gasteiger charge is -2.31. The van der Waals surface area contributed by atoms with Crippen molar-refractivity contribution in [1.82, 2.24) is 14.9 Å². The Morgan fingerprint density at radius 2 is 1.92 bits per heavy atom. The van der Waals surface area contributed by atoms with Crippen LogP contribution in [0.3, 0.4) is 0 Å². The topological polar surface area (TPSA) is 46.1 Å². The lowest BCUT2D eigenvalue weighted by Crippen LogP contribution is -2.42. The maximum Gasteiger partial charge on any atom is 0.273 e. The lowest BCUT2D eigenvalue weighted by atomic mass is 10.1. The van der Waals surface area contributed by atoms with Gasteiger partial charge in [0.2, 0.25) is 0 Å². The van der Waals surface area contributed by atoms with Crippen molar-refractivity contribution in [2.24, 2.45) is 0 Å². The second-order valence-electron chi connectivity index (χ2n) is 7.02. The number of aromatic nitrogens is 2. The average Bonchev–Trinajstić information content (AvgIpc) is 3.10. The molecule has 0 bridgehead atoms. The summed E-state index contributed by atoms with van der Waals surface area (Å²) in [6.45, 7) is 5.93. The zero-order valence-corrected chi connectivity index (χ0v) is 16.0. The Balaban J connectivity index is 1.83. The normalized spacial score (nSPS) is 11.4. The second-order valence-corrected chi connectivity index (χ2v) is 7.87. The molecule has 0 spiro atoms. The van der Waals surface area contributed by atoms with Crippen LogP contribution in [0.5, 0.6) is 0 Å². The number of rotatable bonds is 3. The summed E-state index contributed by atoms with van der Waals surface area (Å²) in [7, 11) is 1.77. The Hall–Kier alpha value is -2.60. The molecule has 0 aliphatic rings. The largest absolute Gasteiger partial charge is 0.336 e. The van der Waals surface area contributed by atoms with Crippen LogP contribution < -0.4 is 0 Å². The van der Waals surface area contributed by atoms with Gasteiger partial charge in [0, 0.05) is 29.7 Å². The van der Waals surface area contributed by atoms with Gasteiger partial charge in [0.05, 0.1) is 5.69 Å². The number of halogens is 1. The van der Waals surface area contributed by atoms with Crippen molar-refractivity contribution in [3.05, 3.63) is 59.5 Å². The highest BCUT2D eigenvalue weighted by atomic mass is 32.1. The molecule has 0 saturated carbocycles. The van der Waals surface area contributed by atoms with Crippen molar-refractivity contribution >= 4 is 17.2 Å². The minimum Gasteiger partial charge on any atom is -0.336 e. The lowest BCUT2D eigenvalue weighted by molar-refractivity contribution is 0.0650. The van der Waals surface area contributed by atoms with Gasteiger partial charge in [-0.2, -0.15) is 0 Å². The Labute approximate surface area is 156 Å². The Kier molecular flexibility index (Phi) is 4.87. The van der Waals surface area contributed by atoms with Gasteiger partial charge in [-0.15, -0.1) is 11.3 Å². The molecular weight excluding hydrogens is 349 g/mol. The first-order chi connectivity index (χ1) is 12.3. The molecule has 3 aromatic rings. The maximum atomic E-state index is 13.4. The van der Waals surface area contributed by atoms with Gasteiger partial charge in [-0.1, -0.05) is 18.2 Å². The number of thiazole rings is 1. The van der Waals surface area contributed by atoms with E-state index in [2.05, 4.69) is 9.97 Å². The minimum absolute atomic E-state index is 0.114. The molecule has 2 aromatic heterocycles. The zero-order chi connectivity index (χ0) is 18.9. The van der Waals surface area contributed by atoms with Crippen LogP contribution in [0.25, 0.3) is 21.8 Å². The van der Waals surface area contributed by atoms with Crippen molar-refractivity contribution in [2.75, 3.05) is 7.05 Å². The molecule has 2 heterocycles. The van der Waals surface area contributed by atoms with Crippen LogP contribution in [0.1, 0.15) is 31.3 Å². The van der Waals surface area contributed by atoms with E-state index in [0.717, 1.165) is 11.1 Å². The molecule has 6 heteroatoms. The van der Waals surface area contributed by atoms with Crippen molar-refractivity contribution in [1.29, 1.82) is 0 Å². The third kappa shape index (κ3) is 3.80. The number of nitrogens with zero attached hydrogens (tertiary/aromatic N) is 3. The van der Waals surface area contributed by atoms with Crippen molar-refractivity contribution in [3.63, 3.8) is 0 Å². The molecule has 26 heavy (non-hydrogen) atoms. The Morgan fingerprint density at radius 1 is 1.15 bits per heavy atom. The summed E-state index contributed by atoms with van der Waals surface area (Å²) < 4.78 is 13.4. The number of amides is 1. The van der Waals surface area contributed by atoms with E-state index in [1.165, 1.54) is 23.5 Å². The molecule has 1 amide bonds. The fourth-order valence-electron chi connectivity index (χ4n) is 2.33. The first kappa shape index (κ1) is 18.2.